The molecule has 31 heavy (non-hydrogen) atoms. The van der Waals surface area contributed by atoms with Gasteiger partial charge in [0.1, 0.15) is 17.6 Å². The highest BCUT2D eigenvalue weighted by atomic mass is 16.5. The predicted octanol–water partition coefficient (Wildman–Crippen LogP) is 2.88. The number of fused-ring (bicyclic) bond motifs is 1. The van der Waals surface area contributed by atoms with Gasteiger partial charge < -0.3 is 26.4 Å². The van der Waals surface area contributed by atoms with E-state index in [1.807, 2.05) is 44.2 Å². The smallest absolute Gasteiger partial charge is 0.319 e. The van der Waals surface area contributed by atoms with Crippen molar-refractivity contribution in [3.63, 3.8) is 0 Å². The van der Waals surface area contributed by atoms with Crippen molar-refractivity contribution < 1.29 is 14.3 Å². The molecule has 9 nitrogen and oxygen atoms in total. The summed E-state index contributed by atoms with van der Waals surface area (Å²) in [7, 11) is 1.53. The monoisotopic (exact) mass is 422 g/mol. The Labute approximate surface area is 180 Å². The second-order valence-electron chi connectivity index (χ2n) is 7.28. The lowest BCUT2D eigenvalue weighted by Gasteiger charge is -2.21. The number of urea groups is 1. The van der Waals surface area contributed by atoms with E-state index in [1.165, 1.54) is 7.11 Å². The van der Waals surface area contributed by atoms with Crippen molar-refractivity contribution in [1.29, 1.82) is 0 Å². The zero-order valence-corrected chi connectivity index (χ0v) is 17.7. The molecule has 0 aliphatic heterocycles. The topological polar surface area (TPSA) is 131 Å². The molecule has 0 fully saturated rings. The number of nitrogens with two attached hydrogens (primary N) is 1. The van der Waals surface area contributed by atoms with Gasteiger partial charge in [0.15, 0.2) is 5.82 Å². The van der Waals surface area contributed by atoms with Crippen molar-refractivity contribution in [3.05, 3.63) is 54.4 Å². The molecular formula is C22H26N6O3. The summed E-state index contributed by atoms with van der Waals surface area (Å²) in [5.41, 5.74) is 6.78. The van der Waals surface area contributed by atoms with Crippen LogP contribution in [0.4, 0.5) is 16.3 Å². The van der Waals surface area contributed by atoms with E-state index in [4.69, 9.17) is 10.5 Å². The fourth-order valence-electron chi connectivity index (χ4n) is 3.10. The first-order chi connectivity index (χ1) is 14.9. The molecule has 0 radical (unpaired) electrons. The summed E-state index contributed by atoms with van der Waals surface area (Å²) in [5, 5.41) is 9.37. The second-order valence-corrected chi connectivity index (χ2v) is 7.28. The third-order valence-electron chi connectivity index (χ3n) is 4.68. The summed E-state index contributed by atoms with van der Waals surface area (Å²) in [6.07, 6.45) is 0. The number of hydrogen-bond acceptors (Lipinski definition) is 6. The Balaban J connectivity index is 1.79. The Morgan fingerprint density at radius 3 is 2.48 bits per heavy atom. The summed E-state index contributed by atoms with van der Waals surface area (Å²) in [5.74, 6) is 0.943. The molecule has 1 aromatic heterocycles. The minimum atomic E-state index is -0.590. The van der Waals surface area contributed by atoms with Crippen molar-refractivity contribution in [1.82, 2.24) is 15.3 Å². The molecule has 0 bridgehead atoms. The van der Waals surface area contributed by atoms with Crippen LogP contribution in [0.25, 0.3) is 10.9 Å². The highest BCUT2D eigenvalue weighted by Gasteiger charge is 2.21. The Kier molecular flexibility index (Phi) is 6.86. The number of amides is 3. The minimum Gasteiger partial charge on any atom is -0.495 e. The van der Waals surface area contributed by atoms with Gasteiger partial charge in [0.2, 0.25) is 5.91 Å². The maximum Gasteiger partial charge on any atom is 0.319 e. The third-order valence-corrected chi connectivity index (χ3v) is 4.68. The molecule has 0 aliphatic carbocycles. The van der Waals surface area contributed by atoms with E-state index in [9.17, 15) is 9.59 Å². The molecule has 1 atom stereocenters. The van der Waals surface area contributed by atoms with Crippen LogP contribution in [0, 0.1) is 5.92 Å². The third kappa shape index (κ3) is 5.39. The lowest BCUT2D eigenvalue weighted by atomic mass is 10.0. The van der Waals surface area contributed by atoms with Crippen LogP contribution in [-0.2, 0) is 11.3 Å². The Hall–Kier alpha value is -3.88. The Morgan fingerprint density at radius 2 is 1.77 bits per heavy atom. The number of nitrogens with one attached hydrogen (secondary N) is 3. The van der Waals surface area contributed by atoms with Gasteiger partial charge >= 0.3 is 6.03 Å². The van der Waals surface area contributed by atoms with E-state index in [1.54, 1.807) is 18.2 Å². The molecule has 0 saturated heterocycles. The molecule has 3 aromatic rings. The van der Waals surface area contributed by atoms with Crippen LogP contribution in [-0.4, -0.2) is 35.1 Å². The number of anilines is 2. The maximum absolute atomic E-state index is 12.3. The number of benzene rings is 2. The van der Waals surface area contributed by atoms with Gasteiger partial charge in [-0.2, -0.15) is 0 Å². The highest BCUT2D eigenvalue weighted by Crippen LogP contribution is 2.23. The van der Waals surface area contributed by atoms with Crippen LogP contribution < -0.4 is 26.4 Å². The number of rotatable bonds is 8. The molecule has 0 saturated carbocycles. The van der Waals surface area contributed by atoms with Crippen LogP contribution in [0.1, 0.15) is 19.7 Å². The van der Waals surface area contributed by atoms with E-state index in [-0.39, 0.29) is 12.5 Å². The van der Waals surface area contributed by atoms with Crippen LogP contribution in [0.15, 0.2) is 48.5 Å². The molecule has 1 heterocycles. The Morgan fingerprint density at radius 1 is 1.06 bits per heavy atom. The Bertz CT molecular complexity index is 1090. The fraction of sp³-hybridized carbons (Fsp3) is 0.273. The number of carbonyl (C=O) groups excluding carboxylic acids is 2. The van der Waals surface area contributed by atoms with Crippen molar-refractivity contribution in [3.8, 4) is 5.75 Å². The molecule has 5 N–H and O–H groups in total. The SMILES string of the molecule is COc1ccccc1NC(=O)NCc1nc(N[C@H](C(N)=O)C(C)C)c2ccccc2n1. The van der Waals surface area contributed by atoms with Crippen molar-refractivity contribution in [2.24, 2.45) is 11.7 Å². The quantitative estimate of drug-likeness (QED) is 0.441. The first-order valence-corrected chi connectivity index (χ1v) is 9.88. The number of hydrogen-bond donors (Lipinski definition) is 4. The first kappa shape index (κ1) is 21.8. The van der Waals surface area contributed by atoms with Crippen LogP contribution >= 0.6 is 0 Å². The number of carbonyl (C=O) groups is 2. The van der Waals surface area contributed by atoms with Crippen molar-refractivity contribution in [2.45, 2.75) is 26.4 Å². The maximum atomic E-state index is 12.3. The van der Waals surface area contributed by atoms with Gasteiger partial charge in [0, 0.05) is 5.39 Å². The molecule has 0 unspecified atom stereocenters. The molecule has 2 aromatic carbocycles. The van der Waals surface area contributed by atoms with Gasteiger partial charge in [0.25, 0.3) is 0 Å². The largest absolute Gasteiger partial charge is 0.495 e. The summed E-state index contributed by atoms with van der Waals surface area (Å²) in [6, 6.07) is 13.5. The van der Waals surface area contributed by atoms with Gasteiger partial charge in [-0.15, -0.1) is 0 Å². The number of methoxy groups -OCH3 is 1. The van der Waals surface area contributed by atoms with Gasteiger partial charge in [0.05, 0.1) is 24.9 Å². The zero-order chi connectivity index (χ0) is 22.4. The van der Waals surface area contributed by atoms with Crippen molar-refractivity contribution in [2.75, 3.05) is 17.7 Å². The first-order valence-electron chi connectivity index (χ1n) is 9.88. The number of aromatic nitrogens is 2. The van der Waals surface area contributed by atoms with Crippen molar-refractivity contribution >= 4 is 34.3 Å². The van der Waals surface area contributed by atoms with Crippen LogP contribution in [0.3, 0.4) is 0 Å². The van der Waals surface area contributed by atoms with E-state index < -0.39 is 18.0 Å². The second kappa shape index (κ2) is 9.75. The van der Waals surface area contributed by atoms with Crippen LogP contribution in [0.5, 0.6) is 5.75 Å². The normalized spacial score (nSPS) is 11.7. The number of ether oxygens (including phenoxy) is 1. The summed E-state index contributed by atoms with van der Waals surface area (Å²) in [6.45, 7) is 3.89. The summed E-state index contributed by atoms with van der Waals surface area (Å²) >= 11 is 0. The lowest BCUT2D eigenvalue weighted by Crippen LogP contribution is -2.40. The fourth-order valence-corrected chi connectivity index (χ4v) is 3.10. The zero-order valence-electron chi connectivity index (χ0n) is 17.7. The van der Waals surface area contributed by atoms with Crippen LogP contribution in [0.2, 0.25) is 0 Å². The molecule has 3 amide bonds. The van der Waals surface area contributed by atoms with E-state index in [0.29, 0.717) is 28.6 Å². The number of nitrogens with zero attached hydrogens (tertiary/aromatic N) is 2. The average molecular weight is 422 g/mol. The molecular weight excluding hydrogens is 396 g/mol. The van der Waals surface area contributed by atoms with Gasteiger partial charge in [-0.05, 0) is 30.2 Å². The molecule has 162 valence electrons. The average Bonchev–Trinajstić information content (AvgIpc) is 2.75. The summed E-state index contributed by atoms with van der Waals surface area (Å²) < 4.78 is 5.24. The standard InChI is InChI=1S/C22H26N6O3/c1-13(2)19(20(23)29)28-21-14-8-4-5-9-15(14)25-18(27-21)12-24-22(30)26-16-10-6-7-11-17(16)31-3/h4-11,13,19H,12H2,1-3H3,(H2,23,29)(H2,24,26,30)(H,25,27,28)/t19-/m0/s1. The minimum absolute atomic E-state index is 0.0283. The molecule has 0 spiro atoms. The van der Waals surface area contributed by atoms with E-state index in [2.05, 4.69) is 25.9 Å². The van der Waals surface area contributed by atoms with E-state index in [0.717, 1.165) is 5.39 Å². The predicted molar refractivity (Wildman–Crippen MR) is 120 cm³/mol. The highest BCUT2D eigenvalue weighted by molar-refractivity contribution is 5.92. The number of para-hydroxylation sites is 3. The summed E-state index contributed by atoms with van der Waals surface area (Å²) in [4.78, 5) is 33.2. The van der Waals surface area contributed by atoms with Gasteiger partial charge in [-0.25, -0.2) is 14.8 Å². The van der Waals surface area contributed by atoms with Gasteiger partial charge in [-0.1, -0.05) is 38.1 Å². The molecule has 9 heteroatoms. The van der Waals surface area contributed by atoms with E-state index >= 15 is 0 Å². The molecule has 3 rings (SSSR count). The lowest BCUT2D eigenvalue weighted by molar-refractivity contribution is -0.119. The number of primary amides is 1. The molecule has 0 aliphatic rings. The van der Waals surface area contributed by atoms with Gasteiger partial charge in [-0.3, -0.25) is 4.79 Å².